The number of nitrogens with zero attached hydrogens (tertiary/aromatic N) is 1. The number of anilines is 1. The van der Waals surface area contributed by atoms with Crippen LogP contribution in [-0.2, 0) is 9.53 Å². The Hall–Kier alpha value is -2.17. The van der Waals surface area contributed by atoms with Gasteiger partial charge in [0.1, 0.15) is 0 Å². The van der Waals surface area contributed by atoms with Gasteiger partial charge < -0.3 is 10.1 Å². The van der Waals surface area contributed by atoms with Crippen molar-refractivity contribution in [1.82, 2.24) is 0 Å². The largest absolute Gasteiger partial charge is 0.352 e. The van der Waals surface area contributed by atoms with E-state index >= 15 is 0 Å². The van der Waals surface area contributed by atoms with Gasteiger partial charge in [-0.15, -0.1) is 0 Å². The maximum atomic E-state index is 12.1. The lowest BCUT2D eigenvalue weighted by Gasteiger charge is -2.10. The van der Waals surface area contributed by atoms with Gasteiger partial charge in [0.2, 0.25) is 6.23 Å². The van der Waals surface area contributed by atoms with Gasteiger partial charge >= 0.3 is 0 Å². The summed E-state index contributed by atoms with van der Waals surface area (Å²) in [6, 6.07) is 14.9. The summed E-state index contributed by atoms with van der Waals surface area (Å²) in [5.74, 6) is -0.299. The van der Waals surface area contributed by atoms with Crippen molar-refractivity contribution >= 4 is 28.9 Å². The van der Waals surface area contributed by atoms with Crippen LogP contribution in [0.4, 0.5) is 5.69 Å². The van der Waals surface area contributed by atoms with Crippen LogP contribution in [0.25, 0.3) is 0 Å². The van der Waals surface area contributed by atoms with E-state index in [1.165, 1.54) is 7.11 Å². The number of fused-ring (bicyclic) bond motifs is 1. The molecule has 0 fully saturated rings. The van der Waals surface area contributed by atoms with Gasteiger partial charge in [0, 0.05) is 23.3 Å². The zero-order chi connectivity index (χ0) is 14.8. The van der Waals surface area contributed by atoms with Gasteiger partial charge in [0.15, 0.2) is 0 Å². The maximum Gasteiger partial charge on any atom is 0.276 e. The van der Waals surface area contributed by atoms with Crippen LogP contribution < -0.4 is 5.32 Å². The number of nitrogens with one attached hydrogen (secondary N) is 1. The van der Waals surface area contributed by atoms with Crippen molar-refractivity contribution in [2.45, 2.75) is 6.23 Å². The molecule has 0 saturated carbocycles. The first-order chi connectivity index (χ1) is 10.2. The normalized spacial score (nSPS) is 17.5. The molecule has 2 aromatic carbocycles. The maximum absolute atomic E-state index is 12.1. The molecule has 106 valence electrons. The second-order valence-electron chi connectivity index (χ2n) is 4.61. The van der Waals surface area contributed by atoms with E-state index in [1.54, 1.807) is 18.2 Å². The molecule has 0 saturated heterocycles. The lowest BCUT2D eigenvalue weighted by atomic mass is 10.0. The molecule has 5 heteroatoms. The van der Waals surface area contributed by atoms with Crippen molar-refractivity contribution in [2.24, 2.45) is 4.99 Å². The summed E-state index contributed by atoms with van der Waals surface area (Å²) in [7, 11) is 1.46. The number of benzodiazepines with no additional fused rings is 1. The van der Waals surface area contributed by atoms with Crippen LogP contribution in [0.5, 0.6) is 0 Å². The SMILES string of the molecule is CO[C@H]1N=C(c2ccccc2)c2cc(Cl)ccc2NC1=O. The highest BCUT2D eigenvalue weighted by Crippen LogP contribution is 2.27. The minimum Gasteiger partial charge on any atom is -0.352 e. The average Bonchev–Trinajstić information content (AvgIpc) is 2.64. The number of carbonyl (C=O) groups is 1. The molecule has 2 aromatic rings. The molecule has 0 spiro atoms. The van der Waals surface area contributed by atoms with Crippen LogP contribution in [0.2, 0.25) is 5.02 Å². The fraction of sp³-hybridized carbons (Fsp3) is 0.125. The highest BCUT2D eigenvalue weighted by atomic mass is 35.5. The second-order valence-corrected chi connectivity index (χ2v) is 5.05. The molecule has 1 atom stereocenters. The van der Waals surface area contributed by atoms with Crippen LogP contribution in [0.15, 0.2) is 53.5 Å². The number of hydrogen-bond acceptors (Lipinski definition) is 3. The molecule has 3 rings (SSSR count). The first-order valence-electron chi connectivity index (χ1n) is 6.46. The number of hydrogen-bond donors (Lipinski definition) is 1. The minimum atomic E-state index is -0.883. The van der Waals surface area contributed by atoms with E-state index in [4.69, 9.17) is 16.3 Å². The van der Waals surface area contributed by atoms with Gasteiger partial charge in [-0.25, -0.2) is 4.99 Å². The average molecular weight is 301 g/mol. The monoisotopic (exact) mass is 300 g/mol. The van der Waals surface area contributed by atoms with Crippen molar-refractivity contribution in [3.63, 3.8) is 0 Å². The topological polar surface area (TPSA) is 50.7 Å². The highest BCUT2D eigenvalue weighted by molar-refractivity contribution is 6.32. The van der Waals surface area contributed by atoms with Crippen LogP contribution in [0.1, 0.15) is 11.1 Å². The molecule has 1 aliphatic rings. The number of halogens is 1. The summed E-state index contributed by atoms with van der Waals surface area (Å²) in [5.41, 5.74) is 3.03. The van der Waals surface area contributed by atoms with Gasteiger partial charge in [0.25, 0.3) is 5.91 Å². The molecule has 0 unspecified atom stereocenters. The van der Waals surface area contributed by atoms with Crippen LogP contribution >= 0.6 is 11.6 Å². The number of ether oxygens (including phenoxy) is 1. The van der Waals surface area contributed by atoms with E-state index in [0.29, 0.717) is 16.4 Å². The van der Waals surface area contributed by atoms with Gasteiger partial charge in [-0.3, -0.25) is 4.79 Å². The van der Waals surface area contributed by atoms with Crippen LogP contribution in [0, 0.1) is 0 Å². The van der Waals surface area contributed by atoms with E-state index in [-0.39, 0.29) is 5.91 Å². The highest BCUT2D eigenvalue weighted by Gasteiger charge is 2.25. The van der Waals surface area contributed by atoms with Crippen molar-refractivity contribution < 1.29 is 9.53 Å². The van der Waals surface area contributed by atoms with Crippen LogP contribution in [-0.4, -0.2) is 25.0 Å². The Bertz CT molecular complexity index is 713. The molecule has 0 bridgehead atoms. The Labute approximate surface area is 127 Å². The van der Waals surface area contributed by atoms with Gasteiger partial charge in [-0.2, -0.15) is 0 Å². The van der Waals surface area contributed by atoms with Crippen LogP contribution in [0.3, 0.4) is 0 Å². The Kier molecular flexibility index (Phi) is 3.73. The Morgan fingerprint density at radius 1 is 1.19 bits per heavy atom. The standard InChI is InChI=1S/C16H13ClN2O2/c1-21-16-15(20)18-13-8-7-11(17)9-12(13)14(19-16)10-5-3-2-4-6-10/h2-9,16H,1H3,(H,18,20)/t16-/m1/s1. The van der Waals surface area contributed by atoms with Crippen molar-refractivity contribution in [3.8, 4) is 0 Å². The Morgan fingerprint density at radius 3 is 2.67 bits per heavy atom. The van der Waals surface area contributed by atoms with Gasteiger partial charge in [0.05, 0.1) is 11.4 Å². The predicted molar refractivity (Wildman–Crippen MR) is 83.0 cm³/mol. The predicted octanol–water partition coefficient (Wildman–Crippen LogP) is 3.10. The molecule has 1 heterocycles. The van der Waals surface area contributed by atoms with Crippen molar-refractivity contribution in [3.05, 3.63) is 64.7 Å². The van der Waals surface area contributed by atoms with E-state index < -0.39 is 6.23 Å². The first-order valence-corrected chi connectivity index (χ1v) is 6.83. The summed E-state index contributed by atoms with van der Waals surface area (Å²) < 4.78 is 5.16. The van der Waals surface area contributed by atoms with E-state index in [1.807, 2.05) is 30.3 Å². The van der Waals surface area contributed by atoms with Gasteiger partial charge in [-0.05, 0) is 18.2 Å². The fourth-order valence-corrected chi connectivity index (χ4v) is 2.42. The molecule has 0 aliphatic carbocycles. The molecule has 1 N–H and O–H groups in total. The first kappa shape index (κ1) is 13.8. The van der Waals surface area contributed by atoms with Crippen molar-refractivity contribution in [2.75, 3.05) is 12.4 Å². The Balaban J connectivity index is 2.22. The summed E-state index contributed by atoms with van der Waals surface area (Å²) in [5, 5.41) is 3.40. The summed E-state index contributed by atoms with van der Waals surface area (Å²) in [6.07, 6.45) is -0.883. The summed E-state index contributed by atoms with van der Waals surface area (Å²) >= 11 is 6.09. The third-order valence-corrected chi connectivity index (χ3v) is 3.47. The second kappa shape index (κ2) is 5.68. The Morgan fingerprint density at radius 2 is 1.95 bits per heavy atom. The quantitative estimate of drug-likeness (QED) is 0.926. The zero-order valence-electron chi connectivity index (χ0n) is 11.3. The number of carbonyl (C=O) groups excluding carboxylic acids is 1. The molecule has 0 radical (unpaired) electrons. The molecule has 21 heavy (non-hydrogen) atoms. The smallest absolute Gasteiger partial charge is 0.276 e. The third-order valence-electron chi connectivity index (χ3n) is 3.24. The van der Waals surface area contributed by atoms with E-state index in [0.717, 1.165) is 11.1 Å². The minimum absolute atomic E-state index is 0.299. The number of amides is 1. The van der Waals surface area contributed by atoms with Gasteiger partial charge in [-0.1, -0.05) is 41.9 Å². The number of benzene rings is 2. The molecule has 0 aromatic heterocycles. The molecular formula is C16H13ClN2O2. The molecule has 1 amide bonds. The van der Waals surface area contributed by atoms with E-state index in [2.05, 4.69) is 10.3 Å². The molecule has 1 aliphatic heterocycles. The number of aliphatic imine (C=N–C) groups is 1. The third kappa shape index (κ3) is 2.68. The zero-order valence-corrected chi connectivity index (χ0v) is 12.1. The lowest BCUT2D eigenvalue weighted by Crippen LogP contribution is -2.26. The van der Waals surface area contributed by atoms with E-state index in [9.17, 15) is 4.79 Å². The number of rotatable bonds is 2. The fourth-order valence-electron chi connectivity index (χ4n) is 2.25. The lowest BCUT2D eigenvalue weighted by molar-refractivity contribution is -0.125. The van der Waals surface area contributed by atoms with Crippen molar-refractivity contribution in [1.29, 1.82) is 0 Å². The molecular weight excluding hydrogens is 288 g/mol. The summed E-state index contributed by atoms with van der Waals surface area (Å²) in [6.45, 7) is 0. The number of methoxy groups -OCH3 is 1. The summed E-state index contributed by atoms with van der Waals surface area (Å²) in [4.78, 5) is 16.5. The molecule has 4 nitrogen and oxygen atoms in total.